The SMILES string of the molecule is CCN(C)C(=O)c1cccc(S(=O)(=O)Nc2cccc(C)c2)c1. The van der Waals surface area contributed by atoms with Gasteiger partial charge in [-0.25, -0.2) is 8.42 Å². The van der Waals surface area contributed by atoms with Crippen LogP contribution in [0.3, 0.4) is 0 Å². The van der Waals surface area contributed by atoms with E-state index in [0.717, 1.165) is 5.56 Å². The van der Waals surface area contributed by atoms with Gasteiger partial charge in [-0.15, -0.1) is 0 Å². The van der Waals surface area contributed by atoms with Crippen LogP contribution in [0.25, 0.3) is 0 Å². The van der Waals surface area contributed by atoms with E-state index < -0.39 is 10.0 Å². The summed E-state index contributed by atoms with van der Waals surface area (Å²) >= 11 is 0. The predicted octanol–water partition coefficient (Wildman–Crippen LogP) is 2.89. The van der Waals surface area contributed by atoms with Crippen LogP contribution < -0.4 is 4.72 Å². The number of carbonyl (C=O) groups excluding carboxylic acids is 1. The van der Waals surface area contributed by atoms with Gasteiger partial charge in [-0.2, -0.15) is 0 Å². The lowest BCUT2D eigenvalue weighted by Crippen LogP contribution is -2.26. The molecule has 2 aromatic rings. The Morgan fingerprint density at radius 3 is 2.48 bits per heavy atom. The number of benzene rings is 2. The van der Waals surface area contributed by atoms with Crippen LogP contribution in [-0.4, -0.2) is 32.8 Å². The number of nitrogens with zero attached hydrogens (tertiary/aromatic N) is 1. The summed E-state index contributed by atoms with van der Waals surface area (Å²) < 4.78 is 27.5. The van der Waals surface area contributed by atoms with Crippen molar-refractivity contribution < 1.29 is 13.2 Å². The number of sulfonamides is 1. The van der Waals surface area contributed by atoms with Crippen LogP contribution >= 0.6 is 0 Å². The van der Waals surface area contributed by atoms with Crippen molar-refractivity contribution in [3.63, 3.8) is 0 Å². The second-order valence-corrected chi connectivity index (χ2v) is 7.00. The number of hydrogen-bond acceptors (Lipinski definition) is 3. The third-order valence-corrected chi connectivity index (χ3v) is 4.86. The summed E-state index contributed by atoms with van der Waals surface area (Å²) in [6.45, 7) is 4.30. The largest absolute Gasteiger partial charge is 0.342 e. The summed E-state index contributed by atoms with van der Waals surface area (Å²) in [5.41, 5.74) is 1.80. The highest BCUT2D eigenvalue weighted by Crippen LogP contribution is 2.18. The van der Waals surface area contributed by atoms with Crippen LogP contribution in [0.4, 0.5) is 5.69 Å². The molecule has 0 heterocycles. The molecule has 0 aliphatic rings. The van der Waals surface area contributed by atoms with Crippen LogP contribution in [0, 0.1) is 6.92 Å². The molecule has 5 nitrogen and oxygen atoms in total. The number of carbonyl (C=O) groups is 1. The zero-order chi connectivity index (χ0) is 17.0. The molecule has 0 atom stereocenters. The molecule has 0 fully saturated rings. The van der Waals surface area contributed by atoms with Gasteiger partial charge in [0.2, 0.25) is 0 Å². The Labute approximate surface area is 137 Å². The molecule has 0 saturated carbocycles. The van der Waals surface area contributed by atoms with Gasteiger partial charge in [0.25, 0.3) is 15.9 Å². The van der Waals surface area contributed by atoms with Gasteiger partial charge in [-0.05, 0) is 49.7 Å². The van der Waals surface area contributed by atoms with Gasteiger partial charge in [-0.3, -0.25) is 9.52 Å². The molecule has 0 bridgehead atoms. The van der Waals surface area contributed by atoms with Gasteiger partial charge < -0.3 is 4.90 Å². The maximum absolute atomic E-state index is 12.5. The fraction of sp³-hybridized carbons (Fsp3) is 0.235. The normalized spacial score (nSPS) is 11.1. The molecule has 1 N–H and O–H groups in total. The van der Waals surface area contributed by atoms with Crippen molar-refractivity contribution in [2.45, 2.75) is 18.7 Å². The first-order valence-electron chi connectivity index (χ1n) is 7.28. The monoisotopic (exact) mass is 332 g/mol. The standard InChI is InChI=1S/C17H20N2O3S/c1-4-19(3)17(20)14-8-6-10-16(12-14)23(21,22)18-15-9-5-7-13(2)11-15/h5-12,18H,4H2,1-3H3. The first kappa shape index (κ1) is 17.0. The van der Waals surface area contributed by atoms with Gasteiger partial charge >= 0.3 is 0 Å². The molecule has 6 heteroatoms. The zero-order valence-electron chi connectivity index (χ0n) is 13.4. The van der Waals surface area contributed by atoms with E-state index in [-0.39, 0.29) is 10.8 Å². The lowest BCUT2D eigenvalue weighted by atomic mass is 10.2. The van der Waals surface area contributed by atoms with Crippen LogP contribution in [-0.2, 0) is 10.0 Å². The quantitative estimate of drug-likeness (QED) is 0.915. The van der Waals surface area contributed by atoms with Crippen molar-refractivity contribution in [2.24, 2.45) is 0 Å². The molecular weight excluding hydrogens is 312 g/mol. The second-order valence-electron chi connectivity index (χ2n) is 5.32. The summed E-state index contributed by atoms with van der Waals surface area (Å²) in [6.07, 6.45) is 0. The van der Waals surface area contributed by atoms with E-state index in [1.165, 1.54) is 17.0 Å². The first-order chi connectivity index (χ1) is 10.8. The van der Waals surface area contributed by atoms with Crippen molar-refractivity contribution in [3.05, 3.63) is 59.7 Å². The molecule has 0 aliphatic heterocycles. The van der Waals surface area contributed by atoms with E-state index in [0.29, 0.717) is 17.8 Å². The molecule has 0 aliphatic carbocycles. The van der Waals surface area contributed by atoms with Crippen LogP contribution in [0.2, 0.25) is 0 Å². The Balaban J connectivity index is 2.32. The minimum absolute atomic E-state index is 0.0642. The summed E-state index contributed by atoms with van der Waals surface area (Å²) in [5, 5.41) is 0. The van der Waals surface area contributed by atoms with Gasteiger partial charge in [-0.1, -0.05) is 18.2 Å². The van der Waals surface area contributed by atoms with E-state index >= 15 is 0 Å². The molecule has 2 rings (SSSR count). The molecular formula is C17H20N2O3S. The summed E-state index contributed by atoms with van der Waals surface area (Å²) in [6, 6.07) is 13.2. The lowest BCUT2D eigenvalue weighted by Gasteiger charge is -2.15. The van der Waals surface area contributed by atoms with Crippen LogP contribution in [0.1, 0.15) is 22.8 Å². The van der Waals surface area contributed by atoms with Crippen molar-refractivity contribution >= 4 is 21.6 Å². The van der Waals surface area contributed by atoms with Crippen molar-refractivity contribution in [1.82, 2.24) is 4.90 Å². The molecule has 0 spiro atoms. The zero-order valence-corrected chi connectivity index (χ0v) is 14.2. The number of hydrogen-bond donors (Lipinski definition) is 1. The van der Waals surface area contributed by atoms with Crippen molar-refractivity contribution in [2.75, 3.05) is 18.3 Å². The van der Waals surface area contributed by atoms with Gasteiger partial charge in [0.05, 0.1) is 4.90 Å². The van der Waals surface area contributed by atoms with Gasteiger partial charge in [0.15, 0.2) is 0 Å². The summed E-state index contributed by atoms with van der Waals surface area (Å²) in [7, 11) is -2.06. The van der Waals surface area contributed by atoms with E-state index in [4.69, 9.17) is 0 Å². The van der Waals surface area contributed by atoms with Crippen LogP contribution in [0.5, 0.6) is 0 Å². The maximum atomic E-state index is 12.5. The Bertz CT molecular complexity index is 816. The molecule has 0 radical (unpaired) electrons. The maximum Gasteiger partial charge on any atom is 0.261 e. The molecule has 23 heavy (non-hydrogen) atoms. The van der Waals surface area contributed by atoms with Crippen LogP contribution in [0.15, 0.2) is 53.4 Å². The highest BCUT2D eigenvalue weighted by atomic mass is 32.2. The Morgan fingerprint density at radius 1 is 1.13 bits per heavy atom. The number of amides is 1. The first-order valence-corrected chi connectivity index (χ1v) is 8.77. The molecule has 2 aromatic carbocycles. The van der Waals surface area contributed by atoms with E-state index in [1.54, 1.807) is 37.4 Å². The van der Waals surface area contributed by atoms with Crippen molar-refractivity contribution in [1.29, 1.82) is 0 Å². The molecule has 1 amide bonds. The third kappa shape index (κ3) is 4.10. The fourth-order valence-corrected chi connectivity index (χ4v) is 3.18. The average Bonchev–Trinajstić information content (AvgIpc) is 2.53. The predicted molar refractivity (Wildman–Crippen MR) is 91.1 cm³/mol. The number of nitrogens with one attached hydrogen (secondary N) is 1. The highest BCUT2D eigenvalue weighted by Gasteiger charge is 2.17. The minimum Gasteiger partial charge on any atom is -0.342 e. The smallest absolute Gasteiger partial charge is 0.261 e. The average molecular weight is 332 g/mol. The Kier molecular flexibility index (Phi) is 5.05. The van der Waals surface area contributed by atoms with Crippen molar-refractivity contribution in [3.8, 4) is 0 Å². The Hall–Kier alpha value is -2.34. The molecule has 0 aromatic heterocycles. The lowest BCUT2D eigenvalue weighted by molar-refractivity contribution is 0.0802. The minimum atomic E-state index is -3.74. The van der Waals surface area contributed by atoms with E-state index in [9.17, 15) is 13.2 Å². The topological polar surface area (TPSA) is 66.5 Å². The molecule has 0 saturated heterocycles. The Morgan fingerprint density at radius 2 is 1.83 bits per heavy atom. The number of rotatable bonds is 5. The summed E-state index contributed by atoms with van der Waals surface area (Å²) in [5.74, 6) is -0.208. The van der Waals surface area contributed by atoms with Gasteiger partial charge in [0, 0.05) is 24.8 Å². The molecule has 122 valence electrons. The highest BCUT2D eigenvalue weighted by molar-refractivity contribution is 7.92. The number of anilines is 1. The third-order valence-electron chi connectivity index (χ3n) is 3.48. The van der Waals surface area contributed by atoms with Gasteiger partial charge in [0.1, 0.15) is 0 Å². The van der Waals surface area contributed by atoms with E-state index in [2.05, 4.69) is 4.72 Å². The number of aryl methyl sites for hydroxylation is 1. The fourth-order valence-electron chi connectivity index (χ4n) is 2.08. The summed E-state index contributed by atoms with van der Waals surface area (Å²) in [4.78, 5) is 13.8. The molecule has 0 unspecified atom stereocenters. The second kappa shape index (κ2) is 6.83. The van der Waals surface area contributed by atoms with E-state index in [1.807, 2.05) is 19.9 Å².